The second-order valence-electron chi connectivity index (χ2n) is 5.87. The molecule has 0 fully saturated rings. The van der Waals surface area contributed by atoms with Gasteiger partial charge in [-0.15, -0.1) is 0 Å². The largest absolute Gasteiger partial charge is 0.461 e. The van der Waals surface area contributed by atoms with Gasteiger partial charge in [-0.2, -0.15) is 4.98 Å². The number of aryl methyl sites for hydroxylation is 1. The number of nitrogens with zero attached hydrogens (tertiary/aromatic N) is 2. The molecule has 0 radical (unpaired) electrons. The first-order valence-electron chi connectivity index (χ1n) is 8.33. The normalized spacial score (nSPS) is 10.9. The molecule has 6 nitrogen and oxygen atoms in total. The van der Waals surface area contributed by atoms with Gasteiger partial charge in [0, 0.05) is 11.4 Å². The smallest absolute Gasteiger partial charge is 0.404 e. The van der Waals surface area contributed by atoms with E-state index in [0.717, 1.165) is 17.3 Å². The lowest BCUT2D eigenvalue weighted by Gasteiger charge is -2.12. The van der Waals surface area contributed by atoms with Crippen molar-refractivity contribution in [2.45, 2.75) is 50.1 Å². The predicted molar refractivity (Wildman–Crippen MR) is 98.3 cm³/mol. The van der Waals surface area contributed by atoms with Gasteiger partial charge in [0.2, 0.25) is 0 Å². The molecule has 0 aliphatic carbocycles. The van der Waals surface area contributed by atoms with Crippen LogP contribution in [0.2, 0.25) is 0 Å². The fourth-order valence-corrected chi connectivity index (χ4v) is 3.65. The van der Waals surface area contributed by atoms with E-state index in [1.165, 1.54) is 10.5 Å². The summed E-state index contributed by atoms with van der Waals surface area (Å²) in [5.74, 6) is 0.267. The summed E-state index contributed by atoms with van der Waals surface area (Å²) in [5, 5.41) is 1.08. The third kappa shape index (κ3) is 4.92. The second-order valence-corrected chi connectivity index (χ2v) is 6.90. The van der Waals surface area contributed by atoms with Crippen LogP contribution in [0.25, 0.3) is 0 Å². The predicted octanol–water partition coefficient (Wildman–Crippen LogP) is 3.96. The van der Waals surface area contributed by atoms with Crippen LogP contribution < -0.4 is 10.5 Å². The Hall–Kier alpha value is -2.15. The van der Waals surface area contributed by atoms with Crippen molar-refractivity contribution in [1.82, 2.24) is 9.55 Å². The maximum atomic E-state index is 10.6. The van der Waals surface area contributed by atoms with Crippen molar-refractivity contribution >= 4 is 17.9 Å². The summed E-state index contributed by atoms with van der Waals surface area (Å²) < 4.78 is 12.5. The van der Waals surface area contributed by atoms with Gasteiger partial charge in [0.05, 0.1) is 5.69 Å². The third-order valence-corrected chi connectivity index (χ3v) is 4.93. The van der Waals surface area contributed by atoms with Crippen molar-refractivity contribution in [2.24, 2.45) is 5.73 Å². The maximum absolute atomic E-state index is 10.6. The molecule has 0 saturated heterocycles. The van der Waals surface area contributed by atoms with E-state index in [4.69, 9.17) is 15.2 Å². The molecule has 2 N–H and O–H groups in total. The molecule has 0 aliphatic rings. The van der Waals surface area contributed by atoms with Crippen molar-refractivity contribution in [3.63, 3.8) is 0 Å². The lowest BCUT2D eigenvalue weighted by atomic mass is 10.1. The number of imidazole rings is 1. The Morgan fingerprint density at radius 1 is 1.32 bits per heavy atom. The number of aromatic nitrogens is 2. The lowest BCUT2D eigenvalue weighted by Crippen LogP contribution is -2.18. The quantitative estimate of drug-likeness (QED) is 0.718. The van der Waals surface area contributed by atoms with Gasteiger partial charge in [-0.3, -0.25) is 4.57 Å². The van der Waals surface area contributed by atoms with Gasteiger partial charge in [-0.25, -0.2) is 4.79 Å². The SMILES string of the molecule is CCn1c(OCCOC(N)=O)nc(C(C)C)c1Sc1ccccc1C. The van der Waals surface area contributed by atoms with E-state index in [0.29, 0.717) is 6.01 Å². The number of benzene rings is 1. The zero-order valence-corrected chi connectivity index (χ0v) is 15.9. The molecule has 0 bridgehead atoms. The van der Waals surface area contributed by atoms with Crippen molar-refractivity contribution in [1.29, 1.82) is 0 Å². The van der Waals surface area contributed by atoms with Gasteiger partial charge in [0.1, 0.15) is 18.2 Å². The van der Waals surface area contributed by atoms with Crippen LogP contribution in [0, 0.1) is 6.92 Å². The van der Waals surface area contributed by atoms with Gasteiger partial charge >= 0.3 is 6.09 Å². The molecule has 7 heteroatoms. The number of carbonyl (C=O) groups excluding carboxylic acids is 1. The van der Waals surface area contributed by atoms with Crippen LogP contribution in [-0.4, -0.2) is 28.9 Å². The van der Waals surface area contributed by atoms with Gasteiger partial charge in [-0.05, 0) is 31.4 Å². The minimum atomic E-state index is -0.805. The first kappa shape index (κ1) is 19.2. The van der Waals surface area contributed by atoms with E-state index in [9.17, 15) is 4.79 Å². The minimum Gasteiger partial charge on any atom is -0.461 e. The molecular formula is C18H25N3O3S. The van der Waals surface area contributed by atoms with E-state index in [1.54, 1.807) is 11.8 Å². The Morgan fingerprint density at radius 3 is 2.64 bits per heavy atom. The highest BCUT2D eigenvalue weighted by molar-refractivity contribution is 7.99. The maximum Gasteiger partial charge on any atom is 0.404 e. The van der Waals surface area contributed by atoms with Gasteiger partial charge < -0.3 is 15.2 Å². The first-order chi connectivity index (χ1) is 11.9. The Balaban J connectivity index is 2.27. The highest BCUT2D eigenvalue weighted by Gasteiger charge is 2.21. The standard InChI is InChI=1S/C18H25N3O3S/c1-5-21-16(25-14-9-7-6-8-13(14)4)15(12(2)3)20-18(21)24-11-10-23-17(19)22/h6-9,12H,5,10-11H2,1-4H3,(H2,19,22). The average molecular weight is 363 g/mol. The van der Waals surface area contributed by atoms with Gasteiger partial charge in [0.15, 0.2) is 0 Å². The van der Waals surface area contributed by atoms with Crippen molar-refractivity contribution in [3.05, 3.63) is 35.5 Å². The summed E-state index contributed by atoms with van der Waals surface area (Å²) in [4.78, 5) is 16.5. The number of nitrogens with two attached hydrogens (primary N) is 1. The summed E-state index contributed by atoms with van der Waals surface area (Å²) in [6.45, 7) is 9.44. The fourth-order valence-electron chi connectivity index (χ4n) is 2.36. The van der Waals surface area contributed by atoms with Crippen LogP contribution in [0.3, 0.4) is 0 Å². The number of ether oxygens (including phenoxy) is 2. The number of amides is 1. The Bertz CT molecular complexity index is 728. The average Bonchev–Trinajstić information content (AvgIpc) is 2.91. The van der Waals surface area contributed by atoms with E-state index in [1.807, 2.05) is 12.1 Å². The van der Waals surface area contributed by atoms with Crippen LogP contribution in [0.1, 0.15) is 37.9 Å². The van der Waals surface area contributed by atoms with E-state index < -0.39 is 6.09 Å². The van der Waals surface area contributed by atoms with Crippen molar-refractivity contribution < 1.29 is 14.3 Å². The van der Waals surface area contributed by atoms with Crippen molar-refractivity contribution in [2.75, 3.05) is 13.2 Å². The number of hydrogen-bond acceptors (Lipinski definition) is 5. The first-order valence-corrected chi connectivity index (χ1v) is 9.14. The highest BCUT2D eigenvalue weighted by atomic mass is 32.2. The Labute approximate surface area is 152 Å². The molecule has 1 amide bonds. The molecule has 25 heavy (non-hydrogen) atoms. The summed E-state index contributed by atoms with van der Waals surface area (Å²) in [6, 6.07) is 8.82. The number of rotatable bonds is 8. The molecule has 0 atom stereocenters. The van der Waals surface area contributed by atoms with Crippen molar-refractivity contribution in [3.8, 4) is 6.01 Å². The molecule has 1 heterocycles. The molecule has 1 aromatic heterocycles. The Morgan fingerprint density at radius 2 is 2.04 bits per heavy atom. The molecule has 2 rings (SSSR count). The van der Waals surface area contributed by atoms with E-state index in [2.05, 4.69) is 49.4 Å². The minimum absolute atomic E-state index is 0.100. The number of carbonyl (C=O) groups is 1. The summed E-state index contributed by atoms with van der Waals surface area (Å²) in [5.41, 5.74) is 7.18. The molecule has 0 unspecified atom stereocenters. The van der Waals surface area contributed by atoms with Crippen LogP contribution >= 0.6 is 11.8 Å². The van der Waals surface area contributed by atoms with E-state index >= 15 is 0 Å². The van der Waals surface area contributed by atoms with Crippen LogP contribution in [-0.2, 0) is 11.3 Å². The van der Waals surface area contributed by atoms with Crippen LogP contribution in [0.5, 0.6) is 6.01 Å². The Kier molecular flexibility index (Phi) is 6.75. The molecule has 0 aliphatic heterocycles. The topological polar surface area (TPSA) is 79.4 Å². The third-order valence-electron chi connectivity index (χ3n) is 3.63. The fraction of sp³-hybridized carbons (Fsp3) is 0.444. The highest BCUT2D eigenvalue weighted by Crippen LogP contribution is 2.38. The zero-order chi connectivity index (χ0) is 18.4. The molecule has 0 saturated carbocycles. The van der Waals surface area contributed by atoms with E-state index in [-0.39, 0.29) is 19.1 Å². The number of primary amides is 1. The second kappa shape index (κ2) is 8.80. The monoisotopic (exact) mass is 363 g/mol. The molecular weight excluding hydrogens is 338 g/mol. The molecule has 1 aromatic carbocycles. The zero-order valence-electron chi connectivity index (χ0n) is 15.1. The summed E-state index contributed by atoms with van der Waals surface area (Å²) in [7, 11) is 0. The van der Waals surface area contributed by atoms with Crippen LogP contribution in [0.15, 0.2) is 34.2 Å². The van der Waals surface area contributed by atoms with Crippen LogP contribution in [0.4, 0.5) is 4.79 Å². The lowest BCUT2D eigenvalue weighted by molar-refractivity contribution is 0.129. The van der Waals surface area contributed by atoms with Gasteiger partial charge in [-0.1, -0.05) is 43.8 Å². The number of hydrogen-bond donors (Lipinski definition) is 1. The van der Waals surface area contributed by atoms with Gasteiger partial charge in [0.25, 0.3) is 6.01 Å². The molecule has 2 aromatic rings. The summed E-state index contributed by atoms with van der Waals surface area (Å²) >= 11 is 1.70. The molecule has 136 valence electrons. The molecule has 0 spiro atoms. The summed E-state index contributed by atoms with van der Waals surface area (Å²) in [6.07, 6.45) is -0.805.